The van der Waals surface area contributed by atoms with E-state index in [2.05, 4.69) is 4.72 Å². The summed E-state index contributed by atoms with van der Waals surface area (Å²) in [6.45, 7) is 1.86. The van der Waals surface area contributed by atoms with E-state index in [1.165, 1.54) is 38.5 Å². The molecule has 0 saturated heterocycles. The number of benzene rings is 2. The summed E-state index contributed by atoms with van der Waals surface area (Å²) in [6.07, 6.45) is 0. The quantitative estimate of drug-likeness (QED) is 0.759. The highest BCUT2D eigenvalue weighted by Crippen LogP contribution is 2.30. The van der Waals surface area contributed by atoms with Gasteiger partial charge in [0.2, 0.25) is 0 Å². The zero-order valence-electron chi connectivity index (χ0n) is 14.1. The Morgan fingerprint density at radius 2 is 1.80 bits per heavy atom. The van der Waals surface area contributed by atoms with Gasteiger partial charge in [0.25, 0.3) is 10.0 Å². The summed E-state index contributed by atoms with van der Waals surface area (Å²) >= 11 is 0. The lowest BCUT2D eigenvalue weighted by Crippen LogP contribution is -2.17. The number of hydrogen-bond donors (Lipinski definition) is 1. The predicted octanol–water partition coefficient (Wildman–Crippen LogP) is 2.68. The number of esters is 1. The molecule has 0 aliphatic carbocycles. The summed E-state index contributed by atoms with van der Waals surface area (Å²) in [5.41, 5.74) is 0.237. The van der Waals surface area contributed by atoms with Gasteiger partial charge in [-0.05, 0) is 31.2 Å². The van der Waals surface area contributed by atoms with Crippen molar-refractivity contribution in [2.45, 2.75) is 11.8 Å². The Morgan fingerprint density at radius 3 is 2.44 bits per heavy atom. The standard InChI is InChI=1S/C17H19NO6S/c1-4-24-17(19)13-7-5-6-8-14(13)18-25(20,21)16-11-12(22-2)9-10-15(16)23-3/h5-11,18H,4H2,1-3H3. The van der Waals surface area contributed by atoms with Crippen LogP contribution in [0.15, 0.2) is 47.4 Å². The van der Waals surface area contributed by atoms with Gasteiger partial charge in [-0.2, -0.15) is 0 Å². The Hall–Kier alpha value is -2.74. The molecule has 0 bridgehead atoms. The molecule has 2 aromatic carbocycles. The normalized spacial score (nSPS) is 10.8. The lowest BCUT2D eigenvalue weighted by Gasteiger charge is -2.14. The van der Waals surface area contributed by atoms with Crippen LogP contribution in [-0.2, 0) is 14.8 Å². The molecule has 0 aliphatic heterocycles. The van der Waals surface area contributed by atoms with E-state index in [0.29, 0.717) is 5.75 Å². The fraction of sp³-hybridized carbons (Fsp3) is 0.235. The van der Waals surface area contributed by atoms with E-state index >= 15 is 0 Å². The summed E-state index contributed by atoms with van der Waals surface area (Å²) in [4.78, 5) is 11.9. The molecular formula is C17H19NO6S. The lowest BCUT2D eigenvalue weighted by atomic mass is 10.2. The topological polar surface area (TPSA) is 90.9 Å². The lowest BCUT2D eigenvalue weighted by molar-refractivity contribution is 0.0527. The van der Waals surface area contributed by atoms with Crippen molar-refractivity contribution >= 4 is 21.7 Å². The van der Waals surface area contributed by atoms with Crippen LogP contribution in [0.2, 0.25) is 0 Å². The van der Waals surface area contributed by atoms with Gasteiger partial charge < -0.3 is 14.2 Å². The van der Waals surface area contributed by atoms with Crippen molar-refractivity contribution in [3.63, 3.8) is 0 Å². The molecule has 2 aromatic rings. The molecule has 1 N–H and O–H groups in total. The van der Waals surface area contributed by atoms with Gasteiger partial charge in [-0.25, -0.2) is 13.2 Å². The van der Waals surface area contributed by atoms with E-state index in [-0.39, 0.29) is 28.5 Å². The molecule has 8 heteroatoms. The van der Waals surface area contributed by atoms with Gasteiger partial charge in [-0.15, -0.1) is 0 Å². The van der Waals surface area contributed by atoms with Crippen molar-refractivity contribution in [2.75, 3.05) is 25.5 Å². The van der Waals surface area contributed by atoms with Crippen LogP contribution in [0.1, 0.15) is 17.3 Å². The first kappa shape index (κ1) is 18.6. The second-order valence-corrected chi connectivity index (χ2v) is 6.54. The average Bonchev–Trinajstić information content (AvgIpc) is 2.61. The molecular weight excluding hydrogens is 346 g/mol. The van der Waals surface area contributed by atoms with Crippen LogP contribution < -0.4 is 14.2 Å². The van der Waals surface area contributed by atoms with Crippen LogP contribution >= 0.6 is 0 Å². The first-order chi connectivity index (χ1) is 11.9. The largest absolute Gasteiger partial charge is 0.497 e. The number of methoxy groups -OCH3 is 2. The number of rotatable bonds is 7. The zero-order valence-corrected chi connectivity index (χ0v) is 14.9. The second-order valence-electron chi connectivity index (χ2n) is 4.89. The summed E-state index contributed by atoms with van der Waals surface area (Å²) < 4.78 is 43.1. The molecule has 0 spiro atoms. The molecule has 0 amide bonds. The SMILES string of the molecule is CCOC(=O)c1ccccc1NS(=O)(=O)c1cc(OC)ccc1OC. The molecule has 0 heterocycles. The molecule has 2 rings (SSSR count). The highest BCUT2D eigenvalue weighted by Gasteiger charge is 2.23. The minimum atomic E-state index is -4.02. The summed E-state index contributed by atoms with van der Waals surface area (Å²) in [6, 6.07) is 10.6. The van der Waals surface area contributed by atoms with Crippen LogP contribution in [0, 0.1) is 0 Å². The van der Waals surface area contributed by atoms with Gasteiger partial charge in [-0.1, -0.05) is 12.1 Å². The Morgan fingerprint density at radius 1 is 1.08 bits per heavy atom. The first-order valence-corrected chi connectivity index (χ1v) is 8.92. The van der Waals surface area contributed by atoms with Crippen LogP contribution in [0.5, 0.6) is 11.5 Å². The van der Waals surface area contributed by atoms with Crippen LogP contribution in [0.3, 0.4) is 0 Å². The molecule has 0 atom stereocenters. The fourth-order valence-corrected chi connectivity index (χ4v) is 3.42. The van der Waals surface area contributed by atoms with E-state index in [1.54, 1.807) is 25.1 Å². The third kappa shape index (κ3) is 4.21. The molecule has 25 heavy (non-hydrogen) atoms. The summed E-state index contributed by atoms with van der Waals surface area (Å²) in [5, 5.41) is 0. The van der Waals surface area contributed by atoms with Crippen LogP contribution in [0.25, 0.3) is 0 Å². The number of carbonyl (C=O) groups excluding carboxylic acids is 1. The van der Waals surface area contributed by atoms with Gasteiger partial charge in [0.1, 0.15) is 16.4 Å². The highest BCUT2D eigenvalue weighted by atomic mass is 32.2. The molecule has 134 valence electrons. The van der Waals surface area contributed by atoms with Crippen molar-refractivity contribution in [2.24, 2.45) is 0 Å². The molecule has 0 aliphatic rings. The summed E-state index contributed by atoms with van der Waals surface area (Å²) in [7, 11) is -1.22. The molecule has 0 fully saturated rings. The van der Waals surface area contributed by atoms with E-state index in [9.17, 15) is 13.2 Å². The Balaban J connectivity index is 2.45. The average molecular weight is 365 g/mol. The molecule has 0 radical (unpaired) electrons. The number of hydrogen-bond acceptors (Lipinski definition) is 6. The maximum absolute atomic E-state index is 12.8. The van der Waals surface area contributed by atoms with E-state index in [1.807, 2.05) is 0 Å². The first-order valence-electron chi connectivity index (χ1n) is 7.44. The Kier molecular flexibility index (Phi) is 5.87. The van der Waals surface area contributed by atoms with Gasteiger partial charge >= 0.3 is 5.97 Å². The van der Waals surface area contributed by atoms with E-state index in [4.69, 9.17) is 14.2 Å². The van der Waals surface area contributed by atoms with Gasteiger partial charge in [0, 0.05) is 6.07 Å². The molecule has 0 unspecified atom stereocenters. The number of anilines is 1. The minimum absolute atomic E-state index is 0.104. The van der Waals surface area contributed by atoms with Crippen molar-refractivity contribution in [1.82, 2.24) is 0 Å². The third-order valence-electron chi connectivity index (χ3n) is 3.33. The van der Waals surface area contributed by atoms with E-state index in [0.717, 1.165) is 0 Å². The molecule has 0 aromatic heterocycles. The van der Waals surface area contributed by atoms with Crippen molar-refractivity contribution < 1.29 is 27.4 Å². The fourth-order valence-electron chi connectivity index (χ4n) is 2.15. The van der Waals surface area contributed by atoms with Crippen molar-refractivity contribution in [3.8, 4) is 11.5 Å². The van der Waals surface area contributed by atoms with E-state index < -0.39 is 16.0 Å². The number of nitrogens with one attached hydrogen (secondary N) is 1. The second kappa shape index (κ2) is 7.89. The zero-order chi connectivity index (χ0) is 18.4. The smallest absolute Gasteiger partial charge is 0.340 e. The number of para-hydroxylation sites is 1. The molecule has 0 saturated carbocycles. The van der Waals surface area contributed by atoms with Gasteiger partial charge in [0.05, 0.1) is 32.1 Å². The van der Waals surface area contributed by atoms with Crippen LogP contribution in [0.4, 0.5) is 5.69 Å². The monoisotopic (exact) mass is 365 g/mol. The van der Waals surface area contributed by atoms with Crippen LogP contribution in [-0.4, -0.2) is 35.2 Å². The predicted molar refractivity (Wildman–Crippen MR) is 92.8 cm³/mol. The van der Waals surface area contributed by atoms with Gasteiger partial charge in [0.15, 0.2) is 0 Å². The number of sulfonamides is 1. The maximum Gasteiger partial charge on any atom is 0.340 e. The third-order valence-corrected chi connectivity index (χ3v) is 4.71. The number of carbonyl (C=O) groups is 1. The Labute approximate surface area is 146 Å². The van der Waals surface area contributed by atoms with Crippen molar-refractivity contribution in [3.05, 3.63) is 48.0 Å². The minimum Gasteiger partial charge on any atom is -0.497 e. The Bertz CT molecular complexity index is 863. The van der Waals surface area contributed by atoms with Crippen molar-refractivity contribution in [1.29, 1.82) is 0 Å². The number of ether oxygens (including phenoxy) is 3. The molecule has 7 nitrogen and oxygen atoms in total. The summed E-state index contributed by atoms with van der Waals surface area (Å²) in [5.74, 6) is -0.0971. The highest BCUT2D eigenvalue weighted by molar-refractivity contribution is 7.92. The maximum atomic E-state index is 12.8. The van der Waals surface area contributed by atoms with Gasteiger partial charge in [-0.3, -0.25) is 4.72 Å².